The quantitative estimate of drug-likeness (QED) is 0.352. The highest BCUT2D eigenvalue weighted by atomic mass is 35.5. The number of alkyl halides is 1. The predicted molar refractivity (Wildman–Crippen MR) is 61.5 cm³/mol. The number of rotatable bonds is 6. The van der Waals surface area contributed by atoms with Crippen LogP contribution in [0.5, 0.6) is 0 Å². The van der Waals surface area contributed by atoms with Crippen molar-refractivity contribution >= 4 is 23.0 Å². The van der Waals surface area contributed by atoms with Crippen LogP contribution in [0.2, 0.25) is 0 Å². The minimum atomic E-state index is -0.385. The Bertz CT molecular complexity index is 331. The van der Waals surface area contributed by atoms with Crippen LogP contribution in [0.4, 0.5) is 11.4 Å². The number of unbranched alkanes of at least 4 members (excludes halogenated alkanes) is 1. The molecule has 1 N–H and O–H groups in total. The lowest BCUT2D eigenvalue weighted by Gasteiger charge is -2.05. The Morgan fingerprint density at radius 3 is 2.73 bits per heavy atom. The van der Waals surface area contributed by atoms with E-state index in [-0.39, 0.29) is 10.6 Å². The minimum absolute atomic E-state index is 0.114. The number of nitro groups is 1. The Morgan fingerprint density at radius 2 is 2.07 bits per heavy atom. The van der Waals surface area contributed by atoms with E-state index < -0.39 is 0 Å². The van der Waals surface area contributed by atoms with Gasteiger partial charge in [0.25, 0.3) is 5.69 Å². The normalized spacial score (nSPS) is 9.93. The zero-order valence-corrected chi connectivity index (χ0v) is 9.04. The lowest BCUT2D eigenvalue weighted by molar-refractivity contribution is -0.384. The van der Waals surface area contributed by atoms with Crippen LogP contribution in [0.3, 0.4) is 0 Å². The molecule has 0 spiro atoms. The summed E-state index contributed by atoms with van der Waals surface area (Å²) in [6.45, 7) is 0.706. The Morgan fingerprint density at radius 1 is 1.33 bits per heavy atom. The van der Waals surface area contributed by atoms with E-state index >= 15 is 0 Å². The number of anilines is 1. The number of hydrogen-bond donors (Lipinski definition) is 1. The van der Waals surface area contributed by atoms with Crippen LogP contribution in [0.15, 0.2) is 24.3 Å². The first kappa shape index (κ1) is 11.8. The maximum atomic E-state index is 10.7. The van der Waals surface area contributed by atoms with Crippen molar-refractivity contribution in [2.75, 3.05) is 17.7 Å². The van der Waals surface area contributed by atoms with Gasteiger partial charge in [-0.15, -0.1) is 11.6 Å². The van der Waals surface area contributed by atoms with Crippen LogP contribution < -0.4 is 5.32 Å². The van der Waals surface area contributed by atoms with Crippen LogP contribution >= 0.6 is 11.6 Å². The molecule has 82 valence electrons. The van der Waals surface area contributed by atoms with E-state index in [1.165, 1.54) is 6.07 Å². The molecule has 0 saturated heterocycles. The summed E-state index contributed by atoms with van der Waals surface area (Å²) >= 11 is 5.53. The Kier molecular flexibility index (Phi) is 4.90. The summed E-state index contributed by atoms with van der Waals surface area (Å²) in [6.07, 6.45) is 1.82. The second-order valence-electron chi connectivity index (χ2n) is 3.10. The molecule has 0 aliphatic rings. The Balaban J connectivity index is 2.56. The number of nitrogens with zero attached hydrogens (tertiary/aromatic N) is 1. The first-order valence-corrected chi connectivity index (χ1v) is 5.32. The fourth-order valence-corrected chi connectivity index (χ4v) is 1.41. The van der Waals surface area contributed by atoms with Crippen molar-refractivity contribution in [2.45, 2.75) is 12.8 Å². The molecule has 0 atom stereocenters. The maximum absolute atomic E-state index is 10.7. The zero-order chi connectivity index (χ0) is 11.1. The average Bonchev–Trinajstić information content (AvgIpc) is 2.25. The van der Waals surface area contributed by atoms with Crippen molar-refractivity contribution in [3.05, 3.63) is 34.4 Å². The van der Waals surface area contributed by atoms with E-state index in [1.54, 1.807) is 18.2 Å². The molecule has 4 nitrogen and oxygen atoms in total. The van der Waals surface area contributed by atoms with E-state index in [0.717, 1.165) is 12.8 Å². The minimum Gasteiger partial charge on any atom is -0.379 e. The second-order valence-corrected chi connectivity index (χ2v) is 3.48. The summed E-state index contributed by atoms with van der Waals surface area (Å²) in [4.78, 5) is 10.3. The summed E-state index contributed by atoms with van der Waals surface area (Å²) in [6, 6.07) is 6.63. The largest absolute Gasteiger partial charge is 0.379 e. The first-order chi connectivity index (χ1) is 7.25. The zero-order valence-electron chi connectivity index (χ0n) is 8.28. The highest BCUT2D eigenvalue weighted by Crippen LogP contribution is 2.22. The van der Waals surface area contributed by atoms with E-state index in [2.05, 4.69) is 5.32 Å². The number of hydrogen-bond acceptors (Lipinski definition) is 3. The van der Waals surface area contributed by atoms with Crippen molar-refractivity contribution < 1.29 is 4.92 Å². The third-order valence-corrected chi connectivity index (χ3v) is 2.24. The average molecular weight is 229 g/mol. The fourth-order valence-electron chi connectivity index (χ4n) is 1.22. The van der Waals surface area contributed by atoms with Crippen molar-refractivity contribution in [3.63, 3.8) is 0 Å². The van der Waals surface area contributed by atoms with Gasteiger partial charge in [-0.1, -0.05) is 12.1 Å². The molecule has 0 radical (unpaired) electrons. The summed E-state index contributed by atoms with van der Waals surface area (Å²) in [5.41, 5.74) is 0.681. The van der Waals surface area contributed by atoms with Gasteiger partial charge in [0.2, 0.25) is 0 Å². The summed E-state index contributed by atoms with van der Waals surface area (Å²) in [5.74, 6) is 0.624. The number of nitro benzene ring substituents is 1. The molecule has 0 fully saturated rings. The summed E-state index contributed by atoms with van der Waals surface area (Å²) < 4.78 is 0. The van der Waals surface area contributed by atoms with E-state index in [0.29, 0.717) is 18.1 Å². The molecule has 1 aromatic carbocycles. The first-order valence-electron chi connectivity index (χ1n) is 4.79. The molecule has 0 saturated carbocycles. The lowest BCUT2D eigenvalue weighted by Crippen LogP contribution is -2.04. The smallest absolute Gasteiger partial charge is 0.292 e. The van der Waals surface area contributed by atoms with Gasteiger partial charge in [-0.3, -0.25) is 10.1 Å². The standard InChI is InChI=1S/C10H13ClN2O2/c11-7-3-4-8-12-9-5-1-2-6-10(9)13(14)15/h1-2,5-6,12H,3-4,7-8H2. The van der Waals surface area contributed by atoms with E-state index in [9.17, 15) is 10.1 Å². The second kappa shape index (κ2) is 6.24. The Hall–Kier alpha value is -1.29. The molecule has 5 heteroatoms. The van der Waals surface area contributed by atoms with Crippen LogP contribution in [-0.2, 0) is 0 Å². The van der Waals surface area contributed by atoms with Crippen molar-refractivity contribution in [1.82, 2.24) is 0 Å². The molecular formula is C10H13ClN2O2. The van der Waals surface area contributed by atoms with Gasteiger partial charge in [0, 0.05) is 18.5 Å². The van der Waals surface area contributed by atoms with Gasteiger partial charge < -0.3 is 5.32 Å². The van der Waals surface area contributed by atoms with E-state index in [4.69, 9.17) is 11.6 Å². The van der Waals surface area contributed by atoms with Gasteiger partial charge in [0.05, 0.1) is 4.92 Å². The van der Waals surface area contributed by atoms with Crippen LogP contribution in [0.1, 0.15) is 12.8 Å². The molecule has 0 aliphatic heterocycles. The number of nitrogens with one attached hydrogen (secondary N) is 1. The molecular weight excluding hydrogens is 216 g/mol. The highest BCUT2D eigenvalue weighted by Gasteiger charge is 2.10. The van der Waals surface area contributed by atoms with E-state index in [1.807, 2.05) is 0 Å². The van der Waals surface area contributed by atoms with Gasteiger partial charge in [0.1, 0.15) is 5.69 Å². The molecule has 1 rings (SSSR count). The monoisotopic (exact) mass is 228 g/mol. The van der Waals surface area contributed by atoms with Crippen molar-refractivity contribution in [1.29, 1.82) is 0 Å². The number of benzene rings is 1. The van der Waals surface area contributed by atoms with Gasteiger partial charge in [0.15, 0.2) is 0 Å². The highest BCUT2D eigenvalue weighted by molar-refractivity contribution is 6.17. The predicted octanol–water partition coefficient (Wildman–Crippen LogP) is 3.03. The SMILES string of the molecule is O=[N+]([O-])c1ccccc1NCCCCCl. The van der Waals surface area contributed by atoms with Crippen LogP contribution in [-0.4, -0.2) is 17.3 Å². The third-order valence-electron chi connectivity index (χ3n) is 1.98. The molecule has 0 unspecified atom stereocenters. The van der Waals surface area contributed by atoms with Crippen molar-refractivity contribution in [3.8, 4) is 0 Å². The van der Waals surface area contributed by atoms with Gasteiger partial charge in [-0.05, 0) is 18.9 Å². The fraction of sp³-hybridized carbons (Fsp3) is 0.400. The van der Waals surface area contributed by atoms with Gasteiger partial charge in [-0.2, -0.15) is 0 Å². The van der Waals surface area contributed by atoms with Crippen LogP contribution in [0.25, 0.3) is 0 Å². The molecule has 1 aromatic rings. The molecule has 0 amide bonds. The topological polar surface area (TPSA) is 55.2 Å². The molecule has 0 bridgehead atoms. The van der Waals surface area contributed by atoms with Crippen molar-refractivity contribution in [2.24, 2.45) is 0 Å². The van der Waals surface area contributed by atoms with Crippen LogP contribution in [0, 0.1) is 10.1 Å². The van der Waals surface area contributed by atoms with Gasteiger partial charge in [-0.25, -0.2) is 0 Å². The van der Waals surface area contributed by atoms with Gasteiger partial charge >= 0.3 is 0 Å². The summed E-state index contributed by atoms with van der Waals surface area (Å²) in [7, 11) is 0. The molecule has 0 aromatic heterocycles. The lowest BCUT2D eigenvalue weighted by atomic mass is 10.2. The Labute approximate surface area is 93.4 Å². The molecule has 0 heterocycles. The summed E-state index contributed by atoms with van der Waals surface area (Å²) in [5, 5.41) is 13.7. The molecule has 0 aliphatic carbocycles. The number of halogens is 1. The maximum Gasteiger partial charge on any atom is 0.292 e. The molecule has 15 heavy (non-hydrogen) atoms. The number of para-hydroxylation sites is 2. The third kappa shape index (κ3) is 3.75.